The molecule has 10 heavy (non-hydrogen) atoms. The van der Waals surface area contributed by atoms with Crippen LogP contribution < -0.4 is 0 Å². The molecule has 1 fully saturated rings. The summed E-state index contributed by atoms with van der Waals surface area (Å²) in [6.45, 7) is 5.79. The second-order valence-electron chi connectivity index (χ2n) is 2.90. The van der Waals surface area contributed by atoms with Gasteiger partial charge in [0.25, 0.3) is 0 Å². The van der Waals surface area contributed by atoms with Crippen LogP contribution in [0.5, 0.6) is 0 Å². The molecule has 0 amide bonds. The van der Waals surface area contributed by atoms with E-state index in [1.165, 1.54) is 0 Å². The van der Waals surface area contributed by atoms with Crippen molar-refractivity contribution < 1.29 is 9.84 Å². The minimum absolute atomic E-state index is 0.128. The smallest absolute Gasteiger partial charge is 0.0991 e. The first-order chi connectivity index (χ1) is 4.83. The van der Waals surface area contributed by atoms with Crippen molar-refractivity contribution in [2.75, 3.05) is 33.0 Å². The molecule has 0 atom stereocenters. The molecule has 1 rings (SSSR count). The Bertz CT molecular complexity index is 91.6. The summed E-state index contributed by atoms with van der Waals surface area (Å²) in [5.74, 6) is 0.831. The summed E-state index contributed by atoms with van der Waals surface area (Å²) in [6.07, 6.45) is 0. The van der Waals surface area contributed by atoms with Crippen LogP contribution in [0.1, 0.15) is 6.92 Å². The van der Waals surface area contributed by atoms with E-state index in [1.54, 1.807) is 0 Å². The number of likely N-dealkylation sites (tertiary alicyclic amines) is 1. The average molecular weight is 145 g/mol. The predicted molar refractivity (Wildman–Crippen MR) is 38.6 cm³/mol. The standard InChI is InChI=1S/C7H15NO2/c1-7-4-8(5-7)6-10-3-2-9/h7,9H,2-6H2,1H3. The van der Waals surface area contributed by atoms with Crippen LogP contribution >= 0.6 is 0 Å². The Morgan fingerprint density at radius 3 is 2.80 bits per heavy atom. The zero-order chi connectivity index (χ0) is 7.40. The minimum atomic E-state index is 0.128. The van der Waals surface area contributed by atoms with Gasteiger partial charge in [-0.1, -0.05) is 6.92 Å². The molecule has 0 aromatic carbocycles. The largest absolute Gasteiger partial charge is 0.394 e. The molecule has 0 spiro atoms. The predicted octanol–water partition coefficient (Wildman–Crippen LogP) is -0.0955. The van der Waals surface area contributed by atoms with Gasteiger partial charge in [-0.3, -0.25) is 4.90 Å². The third-order valence-corrected chi connectivity index (χ3v) is 1.65. The SMILES string of the molecule is CC1CN(COCCO)C1. The zero-order valence-corrected chi connectivity index (χ0v) is 6.42. The maximum absolute atomic E-state index is 8.38. The van der Waals surface area contributed by atoms with E-state index in [9.17, 15) is 0 Å². The number of hydrogen-bond donors (Lipinski definition) is 1. The first kappa shape index (κ1) is 7.98. The van der Waals surface area contributed by atoms with E-state index in [2.05, 4.69) is 11.8 Å². The molecule has 0 aliphatic carbocycles. The lowest BCUT2D eigenvalue weighted by Gasteiger charge is -2.36. The molecule has 0 radical (unpaired) electrons. The third-order valence-electron chi connectivity index (χ3n) is 1.65. The normalized spacial score (nSPS) is 21.0. The van der Waals surface area contributed by atoms with Crippen LogP contribution in [-0.4, -0.2) is 43.0 Å². The van der Waals surface area contributed by atoms with Gasteiger partial charge in [0.15, 0.2) is 0 Å². The molecule has 1 aliphatic heterocycles. The molecule has 60 valence electrons. The summed E-state index contributed by atoms with van der Waals surface area (Å²) in [5, 5.41) is 8.38. The summed E-state index contributed by atoms with van der Waals surface area (Å²) < 4.78 is 5.11. The maximum atomic E-state index is 8.38. The molecule has 1 N–H and O–H groups in total. The van der Waals surface area contributed by atoms with Crippen molar-refractivity contribution in [1.29, 1.82) is 0 Å². The van der Waals surface area contributed by atoms with Crippen LogP contribution in [0, 0.1) is 5.92 Å². The van der Waals surface area contributed by atoms with E-state index < -0.39 is 0 Å². The van der Waals surface area contributed by atoms with Gasteiger partial charge in [-0.2, -0.15) is 0 Å². The summed E-state index contributed by atoms with van der Waals surface area (Å²) in [5.41, 5.74) is 0. The Labute approximate surface area is 61.6 Å². The molecule has 0 aromatic heterocycles. The molecule has 3 heteroatoms. The van der Waals surface area contributed by atoms with Gasteiger partial charge >= 0.3 is 0 Å². The Kier molecular flexibility index (Phi) is 3.12. The van der Waals surface area contributed by atoms with Crippen LogP contribution in [0.2, 0.25) is 0 Å². The monoisotopic (exact) mass is 145 g/mol. The fraction of sp³-hybridized carbons (Fsp3) is 1.00. The highest BCUT2D eigenvalue weighted by atomic mass is 16.5. The quantitative estimate of drug-likeness (QED) is 0.561. The number of aliphatic hydroxyl groups excluding tert-OH is 1. The fourth-order valence-electron chi connectivity index (χ4n) is 1.19. The van der Waals surface area contributed by atoms with Gasteiger partial charge in [-0.25, -0.2) is 0 Å². The molecular weight excluding hydrogens is 130 g/mol. The Morgan fingerprint density at radius 2 is 2.30 bits per heavy atom. The second kappa shape index (κ2) is 3.91. The summed E-state index contributed by atoms with van der Waals surface area (Å²) >= 11 is 0. The lowest BCUT2D eigenvalue weighted by Crippen LogP contribution is -2.46. The number of ether oxygens (including phenoxy) is 1. The van der Waals surface area contributed by atoms with Crippen LogP contribution in [0.3, 0.4) is 0 Å². The zero-order valence-electron chi connectivity index (χ0n) is 6.42. The highest BCUT2D eigenvalue weighted by Crippen LogP contribution is 2.12. The van der Waals surface area contributed by atoms with Crippen molar-refractivity contribution >= 4 is 0 Å². The van der Waals surface area contributed by atoms with Gasteiger partial charge < -0.3 is 9.84 Å². The van der Waals surface area contributed by atoms with Crippen molar-refractivity contribution in [3.63, 3.8) is 0 Å². The lowest BCUT2D eigenvalue weighted by atomic mass is 10.0. The fourth-order valence-corrected chi connectivity index (χ4v) is 1.19. The molecule has 0 bridgehead atoms. The Hall–Kier alpha value is -0.120. The first-order valence-electron chi connectivity index (χ1n) is 3.74. The molecule has 1 saturated heterocycles. The molecule has 1 aliphatic rings. The van der Waals surface area contributed by atoms with E-state index in [0.29, 0.717) is 13.3 Å². The van der Waals surface area contributed by atoms with E-state index in [1.807, 2.05) is 0 Å². The molecule has 3 nitrogen and oxygen atoms in total. The summed E-state index contributed by atoms with van der Waals surface area (Å²) in [7, 11) is 0. The molecule has 0 unspecified atom stereocenters. The minimum Gasteiger partial charge on any atom is -0.394 e. The van der Waals surface area contributed by atoms with Crippen LogP contribution in [-0.2, 0) is 4.74 Å². The van der Waals surface area contributed by atoms with Crippen molar-refractivity contribution in [2.45, 2.75) is 6.92 Å². The Morgan fingerprint density at radius 1 is 1.60 bits per heavy atom. The van der Waals surface area contributed by atoms with Gasteiger partial charge in [0.1, 0.15) is 0 Å². The van der Waals surface area contributed by atoms with E-state index >= 15 is 0 Å². The van der Waals surface area contributed by atoms with Crippen LogP contribution in [0.15, 0.2) is 0 Å². The van der Waals surface area contributed by atoms with Gasteiger partial charge in [-0.05, 0) is 5.92 Å². The average Bonchev–Trinajstić information content (AvgIpc) is 1.85. The van der Waals surface area contributed by atoms with Crippen molar-refractivity contribution in [1.82, 2.24) is 4.90 Å². The molecule has 0 saturated carbocycles. The van der Waals surface area contributed by atoms with Crippen molar-refractivity contribution in [3.05, 3.63) is 0 Å². The number of nitrogens with zero attached hydrogens (tertiary/aromatic N) is 1. The number of rotatable bonds is 4. The highest BCUT2D eigenvalue weighted by molar-refractivity contribution is 4.73. The van der Waals surface area contributed by atoms with Gasteiger partial charge in [0, 0.05) is 13.1 Å². The molecule has 0 aromatic rings. The highest BCUT2D eigenvalue weighted by Gasteiger charge is 2.21. The molecular formula is C7H15NO2. The maximum Gasteiger partial charge on any atom is 0.0991 e. The van der Waals surface area contributed by atoms with Gasteiger partial charge in [-0.15, -0.1) is 0 Å². The van der Waals surface area contributed by atoms with E-state index in [4.69, 9.17) is 9.84 Å². The van der Waals surface area contributed by atoms with E-state index in [0.717, 1.165) is 19.0 Å². The second-order valence-corrected chi connectivity index (χ2v) is 2.90. The van der Waals surface area contributed by atoms with Gasteiger partial charge in [0.2, 0.25) is 0 Å². The molecule has 1 heterocycles. The van der Waals surface area contributed by atoms with Crippen molar-refractivity contribution in [2.24, 2.45) is 5.92 Å². The van der Waals surface area contributed by atoms with Crippen LogP contribution in [0.4, 0.5) is 0 Å². The first-order valence-corrected chi connectivity index (χ1v) is 3.74. The van der Waals surface area contributed by atoms with E-state index in [-0.39, 0.29) is 6.61 Å². The third kappa shape index (κ3) is 2.25. The number of aliphatic hydroxyl groups is 1. The lowest BCUT2D eigenvalue weighted by molar-refractivity contribution is -0.0360. The van der Waals surface area contributed by atoms with Crippen LogP contribution in [0.25, 0.3) is 0 Å². The number of hydrogen-bond acceptors (Lipinski definition) is 3. The van der Waals surface area contributed by atoms with Crippen molar-refractivity contribution in [3.8, 4) is 0 Å². The van der Waals surface area contributed by atoms with Gasteiger partial charge in [0.05, 0.1) is 19.9 Å². The summed E-state index contributed by atoms with van der Waals surface area (Å²) in [6, 6.07) is 0. The summed E-state index contributed by atoms with van der Waals surface area (Å²) in [4.78, 5) is 2.22. The Balaban J connectivity index is 1.86. The topological polar surface area (TPSA) is 32.7 Å².